The molecule has 0 radical (unpaired) electrons. The Hall–Kier alpha value is -0.890. The van der Waals surface area contributed by atoms with Crippen LogP contribution >= 0.6 is 27.3 Å². The monoisotopic (exact) mass is 386 g/mol. The van der Waals surface area contributed by atoms with Gasteiger partial charge in [-0.25, -0.2) is 8.42 Å². The molecule has 3 rings (SSSR count). The maximum Gasteiger partial charge on any atom is 0.243 e. The molecule has 0 fully saturated rings. The number of rotatable bonds is 4. The number of sulfonamides is 1. The van der Waals surface area contributed by atoms with Crippen LogP contribution in [-0.2, 0) is 23.0 Å². The molecule has 1 aliphatic rings. The second-order valence-corrected chi connectivity index (χ2v) is 8.94. The lowest BCUT2D eigenvalue weighted by atomic mass is 10.2. The van der Waals surface area contributed by atoms with Crippen LogP contribution in [0.1, 0.15) is 10.4 Å². The molecule has 0 amide bonds. The molecule has 0 aliphatic carbocycles. The summed E-state index contributed by atoms with van der Waals surface area (Å²) in [6, 6.07) is 7.26. The predicted molar refractivity (Wildman–Crippen MR) is 89.3 cm³/mol. The minimum atomic E-state index is -3.45. The maximum atomic E-state index is 12.6. The van der Waals surface area contributed by atoms with Crippen LogP contribution in [0, 0.1) is 0 Å². The third-order valence-corrected chi connectivity index (χ3v) is 6.98. The molecular formula is C14H15BrN2O2S2. The van der Waals surface area contributed by atoms with E-state index in [0.29, 0.717) is 11.4 Å². The summed E-state index contributed by atoms with van der Waals surface area (Å²) in [5.41, 5.74) is 2.11. The molecule has 1 N–H and O–H groups in total. The maximum absolute atomic E-state index is 12.6. The molecule has 1 aromatic carbocycles. The summed E-state index contributed by atoms with van der Waals surface area (Å²) in [7, 11) is -1.83. The van der Waals surface area contributed by atoms with E-state index in [2.05, 4.69) is 21.2 Å². The molecule has 0 unspecified atom stereocenters. The largest absolute Gasteiger partial charge is 0.384 e. The van der Waals surface area contributed by atoms with Gasteiger partial charge in [0, 0.05) is 40.6 Å². The number of fused-ring (bicyclic) bond motifs is 1. The van der Waals surface area contributed by atoms with Crippen molar-refractivity contribution in [1.82, 2.24) is 4.31 Å². The van der Waals surface area contributed by atoms with Crippen LogP contribution in [0.2, 0.25) is 0 Å². The van der Waals surface area contributed by atoms with Crippen molar-refractivity contribution in [2.45, 2.75) is 17.9 Å². The van der Waals surface area contributed by atoms with E-state index in [1.807, 2.05) is 17.5 Å². The number of nitrogens with one attached hydrogen (secondary N) is 1. The number of anilines is 1. The highest BCUT2D eigenvalue weighted by Crippen LogP contribution is 2.28. The van der Waals surface area contributed by atoms with Gasteiger partial charge in [-0.15, -0.1) is 11.3 Å². The quantitative estimate of drug-likeness (QED) is 0.876. The van der Waals surface area contributed by atoms with Crippen LogP contribution in [0.15, 0.2) is 39.0 Å². The third-order valence-electron chi connectivity index (χ3n) is 3.49. The summed E-state index contributed by atoms with van der Waals surface area (Å²) in [6.45, 7) is 1.26. The first-order valence-corrected chi connectivity index (χ1v) is 9.64. The van der Waals surface area contributed by atoms with Crippen molar-refractivity contribution in [3.8, 4) is 0 Å². The summed E-state index contributed by atoms with van der Waals surface area (Å²) >= 11 is 4.93. The topological polar surface area (TPSA) is 49.4 Å². The van der Waals surface area contributed by atoms with E-state index in [0.717, 1.165) is 33.6 Å². The summed E-state index contributed by atoms with van der Waals surface area (Å²) in [6.07, 6.45) is 0.875. The number of nitrogens with zero attached hydrogens (tertiary/aromatic N) is 1. The zero-order chi connectivity index (χ0) is 15.0. The second kappa shape index (κ2) is 5.72. The number of halogens is 1. The van der Waals surface area contributed by atoms with Gasteiger partial charge in [0.2, 0.25) is 10.0 Å². The van der Waals surface area contributed by atoms with Gasteiger partial charge in [0.1, 0.15) is 0 Å². The number of hydrogen-bond acceptors (Lipinski definition) is 4. The second-order valence-electron chi connectivity index (χ2n) is 4.99. The van der Waals surface area contributed by atoms with Crippen LogP contribution in [-0.4, -0.2) is 26.3 Å². The Kier molecular flexibility index (Phi) is 4.09. The Balaban J connectivity index is 1.85. The zero-order valence-electron chi connectivity index (χ0n) is 11.5. The molecule has 7 heteroatoms. The van der Waals surface area contributed by atoms with Gasteiger partial charge in [-0.1, -0.05) is 0 Å². The van der Waals surface area contributed by atoms with Gasteiger partial charge in [-0.05, 0) is 52.2 Å². The van der Waals surface area contributed by atoms with Crippen LogP contribution < -0.4 is 5.32 Å². The van der Waals surface area contributed by atoms with Gasteiger partial charge < -0.3 is 5.32 Å². The van der Waals surface area contributed by atoms with Crippen molar-refractivity contribution in [2.24, 2.45) is 0 Å². The number of thiophene rings is 1. The van der Waals surface area contributed by atoms with Crippen molar-refractivity contribution in [3.63, 3.8) is 0 Å². The zero-order valence-corrected chi connectivity index (χ0v) is 14.7. The van der Waals surface area contributed by atoms with E-state index in [9.17, 15) is 8.42 Å². The molecule has 0 atom stereocenters. The first-order valence-electron chi connectivity index (χ1n) is 6.53. The first kappa shape index (κ1) is 15.0. The van der Waals surface area contributed by atoms with E-state index in [-0.39, 0.29) is 0 Å². The number of benzene rings is 1. The Morgan fingerprint density at radius 1 is 1.38 bits per heavy atom. The van der Waals surface area contributed by atoms with Crippen molar-refractivity contribution in [3.05, 3.63) is 44.6 Å². The molecule has 0 bridgehead atoms. The fraction of sp³-hybridized carbons (Fsp3) is 0.286. The first-order chi connectivity index (χ1) is 9.96. The lowest BCUT2D eigenvalue weighted by Crippen LogP contribution is -2.26. The highest BCUT2D eigenvalue weighted by molar-refractivity contribution is 9.10. The lowest BCUT2D eigenvalue weighted by Gasteiger charge is -2.17. The SMILES string of the molecule is CN(Cc1cc(Br)cs1)S(=O)(=O)c1ccc2c(c1)CCN2. The molecule has 0 saturated carbocycles. The Labute approximate surface area is 137 Å². The molecule has 21 heavy (non-hydrogen) atoms. The van der Waals surface area contributed by atoms with Crippen LogP contribution in [0.4, 0.5) is 5.69 Å². The standard InChI is InChI=1S/C14H15BrN2O2S2/c1-17(8-12-7-11(15)9-20-12)21(18,19)13-2-3-14-10(6-13)4-5-16-14/h2-3,6-7,9,16H,4-5,8H2,1H3. The average Bonchev–Trinajstić information content (AvgIpc) is 3.06. The third kappa shape index (κ3) is 3.01. The Morgan fingerprint density at radius 3 is 2.90 bits per heavy atom. The minimum Gasteiger partial charge on any atom is -0.384 e. The van der Waals surface area contributed by atoms with E-state index < -0.39 is 10.0 Å². The van der Waals surface area contributed by atoms with Crippen molar-refractivity contribution in [1.29, 1.82) is 0 Å². The predicted octanol–water partition coefficient (Wildman–Crippen LogP) is 3.30. The summed E-state index contributed by atoms with van der Waals surface area (Å²) < 4.78 is 27.7. The van der Waals surface area contributed by atoms with Gasteiger partial charge in [-0.2, -0.15) is 4.31 Å². The molecule has 1 aromatic heterocycles. The highest BCUT2D eigenvalue weighted by Gasteiger charge is 2.23. The molecule has 112 valence electrons. The van der Waals surface area contributed by atoms with Crippen molar-refractivity contribution >= 4 is 43.0 Å². The summed E-state index contributed by atoms with van der Waals surface area (Å²) in [4.78, 5) is 1.37. The normalized spacial score (nSPS) is 14.2. The summed E-state index contributed by atoms with van der Waals surface area (Å²) in [5, 5.41) is 5.19. The lowest BCUT2D eigenvalue weighted by molar-refractivity contribution is 0.469. The van der Waals surface area contributed by atoms with Crippen molar-refractivity contribution < 1.29 is 8.42 Å². The van der Waals surface area contributed by atoms with Gasteiger partial charge in [0.15, 0.2) is 0 Å². The van der Waals surface area contributed by atoms with Gasteiger partial charge >= 0.3 is 0 Å². The van der Waals surface area contributed by atoms with Crippen LogP contribution in [0.3, 0.4) is 0 Å². The van der Waals surface area contributed by atoms with E-state index in [1.165, 1.54) is 4.31 Å². The Bertz CT molecular complexity index is 771. The smallest absolute Gasteiger partial charge is 0.243 e. The van der Waals surface area contributed by atoms with Gasteiger partial charge in [0.25, 0.3) is 0 Å². The van der Waals surface area contributed by atoms with Crippen molar-refractivity contribution in [2.75, 3.05) is 18.9 Å². The Morgan fingerprint density at radius 2 is 2.19 bits per heavy atom. The molecule has 1 aliphatic heterocycles. The molecule has 2 aromatic rings. The van der Waals surface area contributed by atoms with Gasteiger partial charge in [0.05, 0.1) is 4.90 Å². The molecule has 4 nitrogen and oxygen atoms in total. The molecule has 0 saturated heterocycles. The van der Waals surface area contributed by atoms with E-state index >= 15 is 0 Å². The highest BCUT2D eigenvalue weighted by atomic mass is 79.9. The molecular weight excluding hydrogens is 372 g/mol. The fourth-order valence-electron chi connectivity index (χ4n) is 2.36. The average molecular weight is 387 g/mol. The van der Waals surface area contributed by atoms with Gasteiger partial charge in [-0.3, -0.25) is 0 Å². The van der Waals surface area contributed by atoms with E-state index in [1.54, 1.807) is 30.5 Å². The molecule has 2 heterocycles. The van der Waals surface area contributed by atoms with Crippen LogP contribution in [0.25, 0.3) is 0 Å². The molecule has 0 spiro atoms. The number of hydrogen-bond donors (Lipinski definition) is 1. The minimum absolute atomic E-state index is 0.364. The van der Waals surface area contributed by atoms with Crippen LogP contribution in [0.5, 0.6) is 0 Å². The van der Waals surface area contributed by atoms with E-state index in [4.69, 9.17) is 0 Å². The fourth-order valence-corrected chi connectivity index (χ4v) is 5.15. The summed E-state index contributed by atoms with van der Waals surface area (Å²) in [5.74, 6) is 0.